The Bertz CT molecular complexity index is 387. The quantitative estimate of drug-likeness (QED) is 0.629. The molecule has 1 aromatic rings. The van der Waals surface area contributed by atoms with Crippen LogP contribution in [-0.4, -0.2) is 32.6 Å². The summed E-state index contributed by atoms with van der Waals surface area (Å²) in [5.41, 5.74) is -0.501. The number of benzene rings is 1. The van der Waals surface area contributed by atoms with Crippen molar-refractivity contribution >= 4 is 5.78 Å². The zero-order valence-electron chi connectivity index (χ0n) is 9.88. The molecule has 0 saturated heterocycles. The molecule has 3 nitrogen and oxygen atoms in total. The summed E-state index contributed by atoms with van der Waals surface area (Å²) < 4.78 is 41.7. The molecule has 0 fully saturated rings. The highest BCUT2D eigenvalue weighted by Gasteiger charge is 2.30. The highest BCUT2D eigenvalue weighted by atomic mass is 19.4. The predicted octanol–water partition coefficient (Wildman–Crippen LogP) is 2.12. The zero-order valence-corrected chi connectivity index (χ0v) is 9.88. The van der Waals surface area contributed by atoms with Crippen molar-refractivity contribution in [2.24, 2.45) is 0 Å². The van der Waals surface area contributed by atoms with Crippen LogP contribution in [0.25, 0.3) is 0 Å². The van der Waals surface area contributed by atoms with Crippen LogP contribution >= 0.6 is 0 Å². The van der Waals surface area contributed by atoms with Gasteiger partial charge in [-0.25, -0.2) is 0 Å². The molecular formula is C12H14F3NO2. The first-order chi connectivity index (χ1) is 8.45. The molecule has 1 rings (SSSR count). The number of Topliss-reactive ketones (excluding diaryl/α,β-unsaturated/α-hetero) is 1. The van der Waals surface area contributed by atoms with Gasteiger partial charge in [-0.1, -0.05) is 12.1 Å². The first-order valence-corrected chi connectivity index (χ1v) is 5.35. The van der Waals surface area contributed by atoms with E-state index >= 15 is 0 Å². The number of carbonyl (C=O) groups excluding carboxylic acids is 1. The second-order valence-electron chi connectivity index (χ2n) is 3.67. The highest BCUT2D eigenvalue weighted by Crippen LogP contribution is 2.29. The number of hydrogen-bond donors (Lipinski definition) is 1. The Hall–Kier alpha value is -1.40. The Morgan fingerprint density at radius 3 is 2.39 bits per heavy atom. The van der Waals surface area contributed by atoms with E-state index in [0.29, 0.717) is 13.2 Å². The van der Waals surface area contributed by atoms with Crippen LogP contribution in [0.4, 0.5) is 13.2 Å². The molecular weight excluding hydrogens is 247 g/mol. The van der Waals surface area contributed by atoms with E-state index in [0.717, 1.165) is 12.1 Å². The van der Waals surface area contributed by atoms with Crippen molar-refractivity contribution in [1.29, 1.82) is 0 Å². The molecule has 0 atom stereocenters. The van der Waals surface area contributed by atoms with Gasteiger partial charge >= 0.3 is 6.18 Å². The summed E-state index contributed by atoms with van der Waals surface area (Å²) in [6, 6.07) is 4.18. The third-order valence-electron chi connectivity index (χ3n) is 2.30. The molecule has 0 saturated carbocycles. The van der Waals surface area contributed by atoms with Crippen molar-refractivity contribution in [3.05, 3.63) is 35.4 Å². The van der Waals surface area contributed by atoms with E-state index < -0.39 is 11.7 Å². The lowest BCUT2D eigenvalue weighted by Gasteiger charge is -2.07. The number of alkyl halides is 3. The van der Waals surface area contributed by atoms with Gasteiger partial charge in [0.05, 0.1) is 18.7 Å². The molecule has 0 aliphatic rings. The van der Waals surface area contributed by atoms with Crippen molar-refractivity contribution < 1.29 is 22.7 Å². The summed E-state index contributed by atoms with van der Waals surface area (Å²) >= 11 is 0. The first kappa shape index (κ1) is 14.7. The van der Waals surface area contributed by atoms with Gasteiger partial charge in [0, 0.05) is 19.2 Å². The van der Waals surface area contributed by atoms with Crippen LogP contribution in [0, 0.1) is 0 Å². The summed E-state index contributed by atoms with van der Waals surface area (Å²) in [6.07, 6.45) is -4.38. The lowest BCUT2D eigenvalue weighted by molar-refractivity contribution is -0.137. The Morgan fingerprint density at radius 2 is 1.89 bits per heavy atom. The second-order valence-corrected chi connectivity index (χ2v) is 3.67. The van der Waals surface area contributed by atoms with Crippen molar-refractivity contribution in [2.45, 2.75) is 6.18 Å². The third-order valence-corrected chi connectivity index (χ3v) is 2.30. The molecule has 0 radical (unpaired) electrons. The number of rotatable bonds is 6. The van der Waals surface area contributed by atoms with Crippen LogP contribution in [0.1, 0.15) is 15.9 Å². The molecule has 0 unspecified atom stereocenters. The minimum absolute atomic E-state index is 0.0781. The molecule has 0 amide bonds. The standard InChI is InChI=1S/C12H14F3NO2/c1-18-7-6-16-8-11(17)9-2-4-10(5-3-9)12(13,14)15/h2-5,16H,6-8H2,1H3. The number of ether oxygens (including phenoxy) is 1. The molecule has 1 aromatic carbocycles. The maximum absolute atomic E-state index is 12.3. The molecule has 0 aliphatic heterocycles. The molecule has 0 spiro atoms. The Morgan fingerprint density at radius 1 is 1.28 bits per heavy atom. The molecule has 6 heteroatoms. The highest BCUT2D eigenvalue weighted by molar-refractivity contribution is 5.97. The average Bonchev–Trinajstić information content (AvgIpc) is 2.33. The molecule has 0 aliphatic carbocycles. The molecule has 1 N–H and O–H groups in total. The Kier molecular flexibility index (Phi) is 5.30. The van der Waals surface area contributed by atoms with Gasteiger partial charge in [-0.2, -0.15) is 13.2 Å². The molecule has 0 heterocycles. The van der Waals surface area contributed by atoms with E-state index in [2.05, 4.69) is 5.32 Å². The zero-order chi connectivity index (χ0) is 13.6. The molecule has 0 aromatic heterocycles. The van der Waals surface area contributed by atoms with Crippen molar-refractivity contribution in [1.82, 2.24) is 5.32 Å². The average molecular weight is 261 g/mol. The normalized spacial score (nSPS) is 11.6. The summed E-state index contributed by atoms with van der Waals surface area (Å²) in [5.74, 6) is -0.250. The van der Waals surface area contributed by atoms with Gasteiger partial charge in [-0.3, -0.25) is 4.79 Å². The molecule has 0 bridgehead atoms. The number of methoxy groups -OCH3 is 1. The van der Waals surface area contributed by atoms with Gasteiger partial charge < -0.3 is 10.1 Å². The third kappa shape index (κ3) is 4.46. The van der Waals surface area contributed by atoms with Gasteiger partial charge in [0.25, 0.3) is 0 Å². The largest absolute Gasteiger partial charge is 0.416 e. The van der Waals surface area contributed by atoms with Crippen molar-refractivity contribution in [3.63, 3.8) is 0 Å². The number of ketones is 1. The summed E-state index contributed by atoms with van der Waals surface area (Å²) in [4.78, 5) is 11.6. The number of carbonyl (C=O) groups is 1. The minimum atomic E-state index is -4.38. The lowest BCUT2D eigenvalue weighted by Crippen LogP contribution is -2.26. The van der Waals surface area contributed by atoms with E-state index in [4.69, 9.17) is 4.74 Å². The first-order valence-electron chi connectivity index (χ1n) is 5.35. The van der Waals surface area contributed by atoms with Crippen LogP contribution in [0.3, 0.4) is 0 Å². The summed E-state index contributed by atoms with van der Waals surface area (Å²) in [5, 5.41) is 2.83. The van der Waals surface area contributed by atoms with Gasteiger partial charge in [0.1, 0.15) is 0 Å². The minimum Gasteiger partial charge on any atom is -0.383 e. The van der Waals surface area contributed by atoms with Crippen molar-refractivity contribution in [2.75, 3.05) is 26.8 Å². The second kappa shape index (κ2) is 6.51. The van der Waals surface area contributed by atoms with E-state index in [9.17, 15) is 18.0 Å². The smallest absolute Gasteiger partial charge is 0.383 e. The van der Waals surface area contributed by atoms with Gasteiger partial charge in [-0.15, -0.1) is 0 Å². The van der Waals surface area contributed by atoms with Crippen molar-refractivity contribution in [3.8, 4) is 0 Å². The van der Waals surface area contributed by atoms with Crippen LogP contribution < -0.4 is 5.32 Å². The van der Waals surface area contributed by atoms with Crippen LogP contribution in [-0.2, 0) is 10.9 Å². The predicted molar refractivity (Wildman–Crippen MR) is 60.5 cm³/mol. The summed E-state index contributed by atoms with van der Waals surface area (Å²) in [6.45, 7) is 1.07. The lowest BCUT2D eigenvalue weighted by atomic mass is 10.1. The SMILES string of the molecule is COCCNCC(=O)c1ccc(C(F)(F)F)cc1. The monoisotopic (exact) mass is 261 g/mol. The van der Waals surface area contributed by atoms with Gasteiger partial charge in [-0.05, 0) is 12.1 Å². The fourth-order valence-corrected chi connectivity index (χ4v) is 1.32. The van der Waals surface area contributed by atoms with Gasteiger partial charge in [0.15, 0.2) is 5.78 Å². The van der Waals surface area contributed by atoms with E-state index in [1.54, 1.807) is 7.11 Å². The van der Waals surface area contributed by atoms with E-state index in [-0.39, 0.29) is 17.9 Å². The molecule has 18 heavy (non-hydrogen) atoms. The summed E-state index contributed by atoms with van der Waals surface area (Å²) in [7, 11) is 1.54. The van der Waals surface area contributed by atoms with Crippen LogP contribution in [0.15, 0.2) is 24.3 Å². The topological polar surface area (TPSA) is 38.3 Å². The number of halogens is 3. The molecule has 100 valence electrons. The van der Waals surface area contributed by atoms with Crippen LogP contribution in [0.2, 0.25) is 0 Å². The van der Waals surface area contributed by atoms with E-state index in [1.807, 2.05) is 0 Å². The maximum atomic E-state index is 12.3. The van der Waals surface area contributed by atoms with E-state index in [1.165, 1.54) is 12.1 Å². The van der Waals surface area contributed by atoms with Gasteiger partial charge in [0.2, 0.25) is 0 Å². The Labute approximate surface area is 103 Å². The number of nitrogens with one attached hydrogen (secondary N) is 1. The number of hydrogen-bond acceptors (Lipinski definition) is 3. The fraction of sp³-hybridized carbons (Fsp3) is 0.417. The van der Waals surface area contributed by atoms with Crippen LogP contribution in [0.5, 0.6) is 0 Å². The Balaban J connectivity index is 2.54. The fourth-order valence-electron chi connectivity index (χ4n) is 1.32. The maximum Gasteiger partial charge on any atom is 0.416 e.